The molecule has 2 aliphatic rings. The molecule has 226 valence electrons. The van der Waals surface area contributed by atoms with Crippen molar-refractivity contribution in [3.8, 4) is 11.8 Å². The van der Waals surface area contributed by atoms with Gasteiger partial charge in [-0.05, 0) is 99.2 Å². The van der Waals surface area contributed by atoms with Gasteiger partial charge in [-0.1, -0.05) is 23.7 Å². The fourth-order valence-electron chi connectivity index (χ4n) is 5.81. The van der Waals surface area contributed by atoms with Gasteiger partial charge in [0.25, 0.3) is 5.91 Å². The molecule has 43 heavy (non-hydrogen) atoms. The van der Waals surface area contributed by atoms with Crippen LogP contribution in [0.3, 0.4) is 0 Å². The van der Waals surface area contributed by atoms with Crippen molar-refractivity contribution in [1.29, 1.82) is 5.26 Å². The molecule has 1 aromatic heterocycles. The smallest absolute Gasteiger partial charge is 0.272 e. The van der Waals surface area contributed by atoms with Gasteiger partial charge in [-0.25, -0.2) is 0 Å². The van der Waals surface area contributed by atoms with Crippen LogP contribution in [0.1, 0.15) is 66.6 Å². The number of ether oxygens (including phenoxy) is 1. The lowest BCUT2D eigenvalue weighted by Gasteiger charge is -2.32. The number of amides is 1. The van der Waals surface area contributed by atoms with Crippen molar-refractivity contribution in [2.75, 3.05) is 36.5 Å². The number of aromatic nitrogens is 2. The second-order valence-electron chi connectivity index (χ2n) is 11.4. The van der Waals surface area contributed by atoms with Gasteiger partial charge in [-0.2, -0.15) is 5.26 Å². The molecule has 8 nitrogen and oxygen atoms in total. The summed E-state index contributed by atoms with van der Waals surface area (Å²) in [6, 6.07) is 19.3. The van der Waals surface area contributed by atoms with Crippen LogP contribution < -0.4 is 20.3 Å². The number of nitrogens with zero attached hydrogens (tertiary/aromatic N) is 4. The second kappa shape index (κ2) is 15.0. The number of hydrogen-bond donors (Lipinski definition) is 2. The molecule has 1 aliphatic heterocycles. The van der Waals surface area contributed by atoms with Crippen molar-refractivity contribution in [2.24, 2.45) is 5.92 Å². The number of rotatable bonds is 11. The third kappa shape index (κ3) is 8.57. The molecule has 2 N–H and O–H groups in total. The van der Waals surface area contributed by atoms with Gasteiger partial charge < -0.3 is 20.3 Å². The molecule has 0 spiro atoms. The van der Waals surface area contributed by atoms with Gasteiger partial charge in [0.1, 0.15) is 11.8 Å². The first-order valence-corrected chi connectivity index (χ1v) is 15.5. The summed E-state index contributed by atoms with van der Waals surface area (Å²) in [6.45, 7) is 2.17. The Labute approximate surface area is 257 Å². The van der Waals surface area contributed by atoms with E-state index < -0.39 is 0 Å². The number of carbonyl (C=O) groups excluding carboxylic acids is 1. The highest BCUT2D eigenvalue weighted by Crippen LogP contribution is 2.28. The Morgan fingerprint density at radius 1 is 1.02 bits per heavy atom. The first-order chi connectivity index (χ1) is 21.0. The number of benzene rings is 2. The predicted octanol–water partition coefficient (Wildman–Crippen LogP) is 6.35. The number of carbonyl (C=O) groups is 1. The molecule has 10 heteroatoms. The van der Waals surface area contributed by atoms with Gasteiger partial charge in [0, 0.05) is 37.4 Å². The van der Waals surface area contributed by atoms with E-state index in [0.29, 0.717) is 40.9 Å². The monoisotopic (exact) mass is 604 g/mol. The van der Waals surface area contributed by atoms with Crippen LogP contribution in [-0.2, 0) is 6.42 Å². The van der Waals surface area contributed by atoms with Crippen LogP contribution in [0.25, 0.3) is 0 Å². The number of anilines is 2. The van der Waals surface area contributed by atoms with Crippen molar-refractivity contribution in [3.63, 3.8) is 0 Å². The summed E-state index contributed by atoms with van der Waals surface area (Å²) >= 11 is 6.12. The van der Waals surface area contributed by atoms with Crippen LogP contribution in [0, 0.1) is 17.2 Å². The summed E-state index contributed by atoms with van der Waals surface area (Å²) < 4.78 is 18.3. The Hall–Kier alpha value is -3.90. The molecule has 5 rings (SSSR count). The van der Waals surface area contributed by atoms with E-state index in [4.69, 9.17) is 21.6 Å². The lowest BCUT2D eigenvalue weighted by atomic mass is 9.90. The lowest BCUT2D eigenvalue weighted by molar-refractivity contribution is 0.0888. The maximum absolute atomic E-state index is 12.9. The molecule has 1 saturated heterocycles. The zero-order chi connectivity index (χ0) is 30.0. The van der Waals surface area contributed by atoms with E-state index in [1.54, 1.807) is 24.3 Å². The third-order valence-corrected chi connectivity index (χ3v) is 8.63. The summed E-state index contributed by atoms with van der Waals surface area (Å²) in [4.78, 5) is 15.1. The molecule has 0 unspecified atom stereocenters. The predicted molar refractivity (Wildman–Crippen MR) is 167 cm³/mol. The summed E-state index contributed by atoms with van der Waals surface area (Å²) in [5.74, 6) is 1.87. The molecule has 1 aliphatic carbocycles. The minimum atomic E-state index is -0.298. The van der Waals surface area contributed by atoms with Crippen LogP contribution in [0.5, 0.6) is 5.75 Å². The largest absolute Gasteiger partial charge is 0.490 e. The summed E-state index contributed by atoms with van der Waals surface area (Å²) in [6.07, 6.45) is 7.00. The zero-order valence-corrected chi connectivity index (χ0v) is 25.0. The van der Waals surface area contributed by atoms with Gasteiger partial charge in [-0.15, -0.1) is 10.2 Å². The van der Waals surface area contributed by atoms with E-state index in [1.165, 1.54) is 5.56 Å². The molecule has 2 fully saturated rings. The van der Waals surface area contributed by atoms with Crippen LogP contribution in [0.15, 0.2) is 54.6 Å². The molecule has 0 atom stereocenters. The van der Waals surface area contributed by atoms with Crippen LogP contribution >= 0.6 is 11.6 Å². The topological polar surface area (TPSA) is 103 Å². The average molecular weight is 605 g/mol. The highest BCUT2D eigenvalue weighted by Gasteiger charge is 2.25. The molecule has 2 heterocycles. The summed E-state index contributed by atoms with van der Waals surface area (Å²) in [7, 11) is 0. The quantitative estimate of drug-likeness (QED) is 0.246. The van der Waals surface area contributed by atoms with Crippen LogP contribution in [-0.4, -0.2) is 54.6 Å². The number of halogens is 2. The summed E-state index contributed by atoms with van der Waals surface area (Å²) in [5, 5.41) is 24.4. The maximum Gasteiger partial charge on any atom is 0.272 e. The van der Waals surface area contributed by atoms with Crippen molar-refractivity contribution in [1.82, 2.24) is 15.5 Å². The normalized spacial score (nSPS) is 19.0. The van der Waals surface area contributed by atoms with Gasteiger partial charge in [0.05, 0.1) is 23.4 Å². The Morgan fingerprint density at radius 3 is 2.44 bits per heavy atom. The second-order valence-corrected chi connectivity index (χ2v) is 11.8. The molecule has 1 saturated carbocycles. The van der Waals surface area contributed by atoms with E-state index in [2.05, 4.69) is 56.1 Å². The minimum Gasteiger partial charge on any atom is -0.490 e. The Kier molecular flexibility index (Phi) is 10.7. The van der Waals surface area contributed by atoms with E-state index in [-0.39, 0.29) is 24.7 Å². The third-order valence-electron chi connectivity index (χ3n) is 8.31. The first-order valence-electron chi connectivity index (χ1n) is 15.2. The van der Waals surface area contributed by atoms with Crippen molar-refractivity contribution in [3.05, 3.63) is 76.4 Å². The SMILES string of the molecule is N#Cc1ccc(OC2CCC(NC(=O)c3ccc(N4CCC(Cc5ccc(NCCCF)cc5)CC4)nn3)CC2)cc1Cl. The number of piperidine rings is 1. The minimum absolute atomic E-state index is 0.0438. The fourth-order valence-corrected chi connectivity index (χ4v) is 6.02. The summed E-state index contributed by atoms with van der Waals surface area (Å²) in [5.41, 5.74) is 3.11. The number of nitrogens with one attached hydrogen (secondary N) is 2. The molecule has 1 amide bonds. The van der Waals surface area contributed by atoms with E-state index >= 15 is 0 Å². The molecular formula is C33H38ClFN6O2. The van der Waals surface area contributed by atoms with Crippen molar-refractivity contribution in [2.45, 2.75) is 63.5 Å². The van der Waals surface area contributed by atoms with E-state index in [0.717, 1.165) is 69.5 Å². The average Bonchev–Trinajstić information content (AvgIpc) is 3.03. The highest BCUT2D eigenvalue weighted by molar-refractivity contribution is 6.31. The number of alkyl halides is 1. The van der Waals surface area contributed by atoms with Gasteiger partial charge in [0.15, 0.2) is 11.5 Å². The molecule has 0 radical (unpaired) electrons. The van der Waals surface area contributed by atoms with Crippen molar-refractivity contribution >= 4 is 29.0 Å². The Balaban J connectivity index is 1.02. The van der Waals surface area contributed by atoms with Crippen molar-refractivity contribution < 1.29 is 13.9 Å². The molecular weight excluding hydrogens is 567 g/mol. The standard InChI is InChI=1S/C33H38ClFN6O2/c34-30-21-29(9-4-25(30)22-36)43-28-10-7-27(8-11-28)38-33(42)31-12-13-32(40-39-31)41-18-14-24(15-19-41)20-23-2-5-26(6-3-23)37-17-1-16-35/h2-6,9,12-13,21,24,27-28,37H,1,7-8,10-11,14-20H2,(H,38,42). The van der Waals surface area contributed by atoms with Gasteiger partial charge in [-0.3, -0.25) is 9.18 Å². The fraction of sp³-hybridized carbons (Fsp3) is 0.455. The lowest BCUT2D eigenvalue weighted by Crippen LogP contribution is -2.40. The van der Waals surface area contributed by atoms with E-state index in [9.17, 15) is 9.18 Å². The molecule has 2 aromatic carbocycles. The van der Waals surface area contributed by atoms with Crippen LogP contribution in [0.2, 0.25) is 5.02 Å². The highest BCUT2D eigenvalue weighted by atomic mass is 35.5. The number of hydrogen-bond acceptors (Lipinski definition) is 7. The first kappa shape index (κ1) is 30.6. The Morgan fingerprint density at radius 2 is 1.79 bits per heavy atom. The van der Waals surface area contributed by atoms with Crippen LogP contribution in [0.4, 0.5) is 15.9 Å². The molecule has 3 aromatic rings. The number of nitriles is 1. The van der Waals surface area contributed by atoms with Gasteiger partial charge in [0.2, 0.25) is 0 Å². The Bertz CT molecular complexity index is 1380. The molecule has 0 bridgehead atoms. The maximum atomic E-state index is 12.9. The van der Waals surface area contributed by atoms with E-state index in [1.807, 2.05) is 6.07 Å². The zero-order valence-electron chi connectivity index (χ0n) is 24.3. The van der Waals surface area contributed by atoms with Gasteiger partial charge >= 0.3 is 0 Å².